The Bertz CT molecular complexity index is 389. The fraction of sp³-hybridized carbons (Fsp3) is 0.625. The van der Waals surface area contributed by atoms with Crippen molar-refractivity contribution in [2.75, 3.05) is 51.6 Å². The lowest BCUT2D eigenvalue weighted by Gasteiger charge is -2.34. The van der Waals surface area contributed by atoms with Crippen molar-refractivity contribution >= 4 is 5.69 Å². The third-order valence-corrected chi connectivity index (χ3v) is 3.75. The molecule has 0 bridgehead atoms. The number of anilines is 1. The Morgan fingerprint density at radius 3 is 2.45 bits per heavy atom. The van der Waals surface area contributed by atoms with Crippen molar-refractivity contribution in [1.82, 2.24) is 9.80 Å². The molecular weight excluding hydrogens is 250 g/mol. The lowest BCUT2D eigenvalue weighted by molar-refractivity contribution is 0.126. The lowest BCUT2D eigenvalue weighted by Crippen LogP contribution is -2.46. The van der Waals surface area contributed by atoms with Crippen LogP contribution in [0.2, 0.25) is 0 Å². The van der Waals surface area contributed by atoms with Crippen molar-refractivity contribution in [3.05, 3.63) is 24.3 Å². The molecule has 0 unspecified atom stereocenters. The number of hydrogen-bond acceptors (Lipinski definition) is 4. The van der Waals surface area contributed by atoms with Gasteiger partial charge in [-0.3, -0.25) is 0 Å². The second-order valence-electron chi connectivity index (χ2n) is 5.46. The van der Waals surface area contributed by atoms with Crippen LogP contribution in [0.25, 0.3) is 0 Å². The molecule has 0 saturated carbocycles. The van der Waals surface area contributed by atoms with Crippen LogP contribution in [-0.4, -0.2) is 55.7 Å². The molecule has 0 spiro atoms. The van der Waals surface area contributed by atoms with Gasteiger partial charge in [0.05, 0.1) is 6.61 Å². The van der Waals surface area contributed by atoms with Gasteiger partial charge in [-0.05, 0) is 31.5 Å². The van der Waals surface area contributed by atoms with Crippen LogP contribution in [-0.2, 0) is 0 Å². The molecule has 1 saturated heterocycles. The predicted octanol–water partition coefficient (Wildman–Crippen LogP) is 2.07. The van der Waals surface area contributed by atoms with E-state index in [2.05, 4.69) is 16.7 Å². The maximum atomic E-state index is 5.72. The van der Waals surface area contributed by atoms with Gasteiger partial charge < -0.3 is 20.3 Å². The molecule has 0 radical (unpaired) electrons. The number of nitrogens with zero attached hydrogens (tertiary/aromatic N) is 2. The largest absolute Gasteiger partial charge is 0.493 e. The van der Waals surface area contributed by atoms with E-state index in [1.54, 1.807) is 0 Å². The summed E-state index contributed by atoms with van der Waals surface area (Å²) < 4.78 is 5.72. The van der Waals surface area contributed by atoms with E-state index in [1.807, 2.05) is 24.3 Å². The molecule has 2 N–H and O–H groups in total. The number of rotatable bonds is 7. The summed E-state index contributed by atoms with van der Waals surface area (Å²) in [7, 11) is 0. The smallest absolute Gasteiger partial charge is 0.121 e. The molecule has 1 fully saturated rings. The Morgan fingerprint density at radius 2 is 1.80 bits per heavy atom. The van der Waals surface area contributed by atoms with Crippen molar-refractivity contribution in [3.63, 3.8) is 0 Å². The molecule has 4 heteroatoms. The first-order chi connectivity index (χ1) is 9.78. The van der Waals surface area contributed by atoms with Crippen molar-refractivity contribution in [2.45, 2.75) is 19.8 Å². The van der Waals surface area contributed by atoms with Crippen molar-refractivity contribution in [2.24, 2.45) is 0 Å². The average molecular weight is 277 g/mol. The zero-order chi connectivity index (χ0) is 14.2. The maximum Gasteiger partial charge on any atom is 0.121 e. The first-order valence-corrected chi connectivity index (χ1v) is 7.71. The predicted molar refractivity (Wildman–Crippen MR) is 84.1 cm³/mol. The highest BCUT2D eigenvalue weighted by Gasteiger charge is 2.15. The highest BCUT2D eigenvalue weighted by molar-refractivity contribution is 5.43. The summed E-state index contributed by atoms with van der Waals surface area (Å²) in [4.78, 5) is 5.09. The van der Waals surface area contributed by atoms with Gasteiger partial charge in [0.1, 0.15) is 5.75 Å². The molecule has 4 nitrogen and oxygen atoms in total. The van der Waals surface area contributed by atoms with Gasteiger partial charge in [0, 0.05) is 44.5 Å². The first-order valence-electron chi connectivity index (χ1n) is 7.71. The van der Waals surface area contributed by atoms with E-state index in [1.165, 1.54) is 39.1 Å². The number of nitrogen functional groups attached to an aromatic ring is 1. The second-order valence-corrected chi connectivity index (χ2v) is 5.46. The molecule has 1 aromatic carbocycles. The summed E-state index contributed by atoms with van der Waals surface area (Å²) in [5.74, 6) is 0.873. The fourth-order valence-electron chi connectivity index (χ4n) is 2.64. The Balaban J connectivity index is 1.58. The van der Waals surface area contributed by atoms with Crippen LogP contribution >= 0.6 is 0 Å². The standard InChI is InChI=1S/C16H27N3O/c1-2-7-18-9-11-19(12-10-18)8-4-13-20-16-6-3-5-15(17)14-16/h3,5-6,14H,2,4,7-13,17H2,1H3. The minimum absolute atomic E-state index is 0.759. The Morgan fingerprint density at radius 1 is 1.10 bits per heavy atom. The molecule has 2 rings (SSSR count). The fourth-order valence-corrected chi connectivity index (χ4v) is 2.64. The zero-order valence-electron chi connectivity index (χ0n) is 12.6. The van der Waals surface area contributed by atoms with Crippen LogP contribution in [0.3, 0.4) is 0 Å². The molecule has 20 heavy (non-hydrogen) atoms. The highest BCUT2D eigenvalue weighted by Crippen LogP contribution is 2.14. The van der Waals surface area contributed by atoms with Crippen molar-refractivity contribution in [3.8, 4) is 5.75 Å². The average Bonchev–Trinajstić information content (AvgIpc) is 2.46. The minimum Gasteiger partial charge on any atom is -0.493 e. The topological polar surface area (TPSA) is 41.7 Å². The van der Waals surface area contributed by atoms with Crippen LogP contribution in [0.5, 0.6) is 5.75 Å². The van der Waals surface area contributed by atoms with Crippen LogP contribution in [0.4, 0.5) is 5.69 Å². The summed E-state index contributed by atoms with van der Waals surface area (Å²) in [6.07, 6.45) is 2.33. The van der Waals surface area contributed by atoms with E-state index in [0.29, 0.717) is 0 Å². The molecule has 0 aliphatic carbocycles. The summed E-state index contributed by atoms with van der Waals surface area (Å²) in [5, 5.41) is 0. The third kappa shape index (κ3) is 5.02. The maximum absolute atomic E-state index is 5.72. The SMILES string of the molecule is CCCN1CCN(CCCOc2cccc(N)c2)CC1. The van der Waals surface area contributed by atoms with E-state index in [9.17, 15) is 0 Å². The van der Waals surface area contributed by atoms with Crippen LogP contribution in [0, 0.1) is 0 Å². The van der Waals surface area contributed by atoms with Gasteiger partial charge in [0.25, 0.3) is 0 Å². The number of hydrogen-bond donors (Lipinski definition) is 1. The molecule has 1 aliphatic heterocycles. The first kappa shape index (κ1) is 15.1. The molecule has 0 aromatic heterocycles. The van der Waals surface area contributed by atoms with Crippen LogP contribution in [0.1, 0.15) is 19.8 Å². The molecule has 0 atom stereocenters. The Labute approximate surface area is 122 Å². The van der Waals surface area contributed by atoms with E-state index < -0.39 is 0 Å². The van der Waals surface area contributed by atoms with Crippen molar-refractivity contribution in [1.29, 1.82) is 0 Å². The molecule has 1 aromatic rings. The molecule has 112 valence electrons. The summed E-state index contributed by atoms with van der Waals surface area (Å²) >= 11 is 0. The molecule has 1 aliphatic rings. The number of benzene rings is 1. The number of piperazine rings is 1. The van der Waals surface area contributed by atoms with E-state index >= 15 is 0 Å². The van der Waals surface area contributed by atoms with Gasteiger partial charge in [-0.25, -0.2) is 0 Å². The van der Waals surface area contributed by atoms with E-state index in [0.717, 1.165) is 31.0 Å². The van der Waals surface area contributed by atoms with E-state index in [4.69, 9.17) is 10.5 Å². The van der Waals surface area contributed by atoms with Gasteiger partial charge >= 0.3 is 0 Å². The quantitative estimate of drug-likeness (QED) is 0.612. The molecule has 0 amide bonds. The third-order valence-electron chi connectivity index (χ3n) is 3.75. The number of ether oxygens (including phenoxy) is 1. The van der Waals surface area contributed by atoms with Gasteiger partial charge in [0.15, 0.2) is 0 Å². The molecule has 1 heterocycles. The van der Waals surface area contributed by atoms with Crippen LogP contribution in [0.15, 0.2) is 24.3 Å². The Kier molecular flexibility index (Phi) is 6.15. The zero-order valence-corrected chi connectivity index (χ0v) is 12.6. The van der Waals surface area contributed by atoms with Crippen LogP contribution < -0.4 is 10.5 Å². The normalized spacial score (nSPS) is 17.2. The minimum atomic E-state index is 0.759. The van der Waals surface area contributed by atoms with Gasteiger partial charge in [0.2, 0.25) is 0 Å². The van der Waals surface area contributed by atoms with Crippen molar-refractivity contribution < 1.29 is 4.74 Å². The summed E-state index contributed by atoms with van der Waals surface area (Å²) in [6, 6.07) is 7.64. The molecular formula is C16H27N3O. The highest BCUT2D eigenvalue weighted by atomic mass is 16.5. The van der Waals surface area contributed by atoms with Gasteiger partial charge in [-0.2, -0.15) is 0 Å². The Hall–Kier alpha value is -1.26. The van der Waals surface area contributed by atoms with Gasteiger partial charge in [-0.15, -0.1) is 0 Å². The lowest BCUT2D eigenvalue weighted by atomic mass is 10.2. The van der Waals surface area contributed by atoms with Gasteiger partial charge in [-0.1, -0.05) is 13.0 Å². The summed E-state index contributed by atoms with van der Waals surface area (Å²) in [5.41, 5.74) is 6.48. The number of nitrogens with two attached hydrogens (primary N) is 1. The summed E-state index contributed by atoms with van der Waals surface area (Å²) in [6.45, 7) is 10.2. The second kappa shape index (κ2) is 8.12. The monoisotopic (exact) mass is 277 g/mol. The van der Waals surface area contributed by atoms with E-state index in [-0.39, 0.29) is 0 Å².